The van der Waals surface area contributed by atoms with Crippen LogP contribution in [0.5, 0.6) is 0 Å². The Labute approximate surface area is 165 Å². The number of pyridine rings is 1. The van der Waals surface area contributed by atoms with Gasteiger partial charge in [0.15, 0.2) is 0 Å². The number of hydrogen-bond donors (Lipinski definition) is 2. The monoisotopic (exact) mass is 375 g/mol. The average Bonchev–Trinajstić information content (AvgIpc) is 2.71. The highest BCUT2D eigenvalue weighted by Gasteiger charge is 2.19. The highest BCUT2D eigenvalue weighted by Crippen LogP contribution is 2.18. The first-order chi connectivity index (χ1) is 13.6. The first-order valence-corrected chi connectivity index (χ1v) is 9.71. The Kier molecular flexibility index (Phi) is 5.37. The molecule has 0 bridgehead atoms. The largest absolute Gasteiger partial charge is 0.390 e. The number of nitrogens with zero attached hydrogens (tertiary/aromatic N) is 2. The maximum atomic E-state index is 12.5. The second-order valence-corrected chi connectivity index (χ2v) is 7.48. The van der Waals surface area contributed by atoms with Gasteiger partial charge in [-0.05, 0) is 48.7 Å². The summed E-state index contributed by atoms with van der Waals surface area (Å²) in [5.74, 6) is -0.175. The zero-order chi connectivity index (χ0) is 19.5. The summed E-state index contributed by atoms with van der Waals surface area (Å²) in [6.45, 7) is 4.51. The van der Waals surface area contributed by atoms with Crippen LogP contribution in [0.2, 0.25) is 0 Å². The van der Waals surface area contributed by atoms with Crippen molar-refractivity contribution in [2.45, 2.75) is 26.0 Å². The predicted molar refractivity (Wildman–Crippen MR) is 110 cm³/mol. The molecule has 0 fully saturated rings. The number of aliphatic hydroxyl groups excluding tert-OH is 1. The Hall–Kier alpha value is -2.76. The number of aromatic nitrogens is 1. The molecule has 0 aliphatic carbocycles. The van der Waals surface area contributed by atoms with E-state index in [1.165, 1.54) is 11.1 Å². The number of nitrogens with one attached hydrogen (secondary N) is 1. The fourth-order valence-electron chi connectivity index (χ4n) is 3.75. The summed E-state index contributed by atoms with van der Waals surface area (Å²) >= 11 is 0. The van der Waals surface area contributed by atoms with E-state index in [4.69, 9.17) is 0 Å². The van der Waals surface area contributed by atoms with Crippen molar-refractivity contribution in [3.05, 3.63) is 77.0 Å². The Bertz CT molecular complexity index is 1000. The van der Waals surface area contributed by atoms with Gasteiger partial charge >= 0.3 is 0 Å². The maximum Gasteiger partial charge on any atom is 0.251 e. The molecule has 28 heavy (non-hydrogen) atoms. The molecule has 0 saturated heterocycles. The van der Waals surface area contributed by atoms with Crippen molar-refractivity contribution in [3.8, 4) is 0 Å². The van der Waals surface area contributed by atoms with E-state index in [1.807, 2.05) is 31.2 Å². The Morgan fingerprint density at radius 1 is 1.18 bits per heavy atom. The molecule has 3 aromatic rings. The number of aliphatic hydroxyl groups is 1. The van der Waals surface area contributed by atoms with E-state index in [-0.39, 0.29) is 12.5 Å². The second kappa shape index (κ2) is 8.09. The summed E-state index contributed by atoms with van der Waals surface area (Å²) in [7, 11) is 0. The molecule has 1 aliphatic rings. The van der Waals surface area contributed by atoms with E-state index in [0.29, 0.717) is 12.1 Å². The molecule has 1 atom stereocenters. The van der Waals surface area contributed by atoms with Crippen molar-refractivity contribution in [1.29, 1.82) is 0 Å². The molecule has 0 saturated carbocycles. The molecular formula is C23H25N3O2. The highest BCUT2D eigenvalue weighted by atomic mass is 16.3. The van der Waals surface area contributed by atoms with E-state index in [1.54, 1.807) is 6.07 Å². The minimum Gasteiger partial charge on any atom is -0.390 e. The topological polar surface area (TPSA) is 65.5 Å². The zero-order valence-corrected chi connectivity index (χ0v) is 16.1. The summed E-state index contributed by atoms with van der Waals surface area (Å²) in [6.07, 6.45) is 0.402. The minimum absolute atomic E-state index is 0.175. The third kappa shape index (κ3) is 4.21. The number of benzene rings is 2. The quantitative estimate of drug-likeness (QED) is 0.720. The van der Waals surface area contributed by atoms with Gasteiger partial charge in [0.25, 0.3) is 5.91 Å². The molecule has 1 amide bonds. The van der Waals surface area contributed by atoms with Gasteiger partial charge in [-0.15, -0.1) is 0 Å². The average molecular weight is 375 g/mol. The molecule has 5 nitrogen and oxygen atoms in total. The normalized spacial score (nSPS) is 15.2. The summed E-state index contributed by atoms with van der Waals surface area (Å²) in [5, 5.41) is 14.2. The van der Waals surface area contributed by atoms with Crippen molar-refractivity contribution < 1.29 is 9.90 Å². The van der Waals surface area contributed by atoms with E-state index in [0.717, 1.165) is 36.1 Å². The number of rotatable bonds is 5. The van der Waals surface area contributed by atoms with Gasteiger partial charge in [0.2, 0.25) is 0 Å². The van der Waals surface area contributed by atoms with Gasteiger partial charge in [0, 0.05) is 42.8 Å². The van der Waals surface area contributed by atoms with Gasteiger partial charge in [0.05, 0.1) is 11.6 Å². The lowest BCUT2D eigenvalue weighted by molar-refractivity contribution is 0.0842. The van der Waals surface area contributed by atoms with Gasteiger partial charge in [-0.2, -0.15) is 0 Å². The molecule has 2 heterocycles. The number of aryl methyl sites for hydroxylation is 1. The smallest absolute Gasteiger partial charge is 0.251 e. The van der Waals surface area contributed by atoms with Crippen LogP contribution >= 0.6 is 0 Å². The van der Waals surface area contributed by atoms with Crippen LogP contribution in [0.25, 0.3) is 10.9 Å². The molecule has 144 valence electrons. The standard InChI is InChI=1S/C23H25N3O2/c1-16-6-7-18-12-19(8-9-22(18)25-16)23(28)24-13-21(27)15-26-11-10-17-4-2-3-5-20(17)14-26/h2-9,12,21,27H,10-11,13-15H2,1H3,(H,24,28). The maximum absolute atomic E-state index is 12.5. The van der Waals surface area contributed by atoms with Crippen LogP contribution in [0.3, 0.4) is 0 Å². The second-order valence-electron chi connectivity index (χ2n) is 7.48. The lowest BCUT2D eigenvalue weighted by Crippen LogP contribution is -2.42. The highest BCUT2D eigenvalue weighted by molar-refractivity contribution is 5.97. The zero-order valence-electron chi connectivity index (χ0n) is 16.1. The number of fused-ring (bicyclic) bond motifs is 2. The Morgan fingerprint density at radius 2 is 2.00 bits per heavy atom. The van der Waals surface area contributed by atoms with Gasteiger partial charge in [0.1, 0.15) is 0 Å². The molecule has 2 N–H and O–H groups in total. The van der Waals surface area contributed by atoms with E-state index in [2.05, 4.69) is 39.5 Å². The van der Waals surface area contributed by atoms with E-state index >= 15 is 0 Å². The molecule has 0 spiro atoms. The molecule has 4 rings (SSSR count). The van der Waals surface area contributed by atoms with Crippen LogP contribution in [0.4, 0.5) is 0 Å². The predicted octanol–water partition coefficient (Wildman–Crippen LogP) is 2.69. The van der Waals surface area contributed by atoms with Crippen molar-refractivity contribution in [1.82, 2.24) is 15.2 Å². The molecule has 2 aromatic carbocycles. The Morgan fingerprint density at radius 3 is 2.86 bits per heavy atom. The molecule has 1 aromatic heterocycles. The lowest BCUT2D eigenvalue weighted by atomic mass is 10.00. The van der Waals surface area contributed by atoms with Crippen molar-refractivity contribution in [2.24, 2.45) is 0 Å². The number of hydrogen-bond acceptors (Lipinski definition) is 4. The fourth-order valence-corrected chi connectivity index (χ4v) is 3.75. The summed E-state index contributed by atoms with van der Waals surface area (Å²) in [5.41, 5.74) is 5.12. The van der Waals surface area contributed by atoms with Gasteiger partial charge in [-0.25, -0.2) is 0 Å². The van der Waals surface area contributed by atoms with Crippen LogP contribution in [0.15, 0.2) is 54.6 Å². The summed E-state index contributed by atoms with van der Waals surface area (Å²) in [6, 6.07) is 17.8. The Balaban J connectivity index is 1.31. The molecule has 1 unspecified atom stereocenters. The van der Waals surface area contributed by atoms with Crippen LogP contribution < -0.4 is 5.32 Å². The van der Waals surface area contributed by atoms with Gasteiger partial charge < -0.3 is 10.4 Å². The number of β-amino-alcohol motifs (C(OH)–C–C–N with tert-alkyl or cyclic N) is 1. The van der Waals surface area contributed by atoms with E-state index in [9.17, 15) is 9.90 Å². The van der Waals surface area contributed by atoms with Crippen LogP contribution in [0.1, 0.15) is 27.2 Å². The number of amides is 1. The molecule has 1 aliphatic heterocycles. The van der Waals surface area contributed by atoms with Crippen molar-refractivity contribution >= 4 is 16.8 Å². The fraction of sp³-hybridized carbons (Fsp3) is 0.304. The molecule has 5 heteroatoms. The van der Waals surface area contributed by atoms with Gasteiger partial charge in [-0.3, -0.25) is 14.7 Å². The van der Waals surface area contributed by atoms with Crippen LogP contribution in [0, 0.1) is 6.92 Å². The number of carbonyl (C=O) groups is 1. The van der Waals surface area contributed by atoms with E-state index < -0.39 is 6.10 Å². The van der Waals surface area contributed by atoms with Crippen LogP contribution in [-0.4, -0.2) is 46.6 Å². The lowest BCUT2D eigenvalue weighted by Gasteiger charge is -2.30. The summed E-state index contributed by atoms with van der Waals surface area (Å²) in [4.78, 5) is 19.2. The molecule has 0 radical (unpaired) electrons. The van der Waals surface area contributed by atoms with Crippen molar-refractivity contribution in [2.75, 3.05) is 19.6 Å². The first-order valence-electron chi connectivity index (χ1n) is 9.71. The summed E-state index contributed by atoms with van der Waals surface area (Å²) < 4.78 is 0. The molecular weight excluding hydrogens is 350 g/mol. The van der Waals surface area contributed by atoms with Crippen molar-refractivity contribution in [3.63, 3.8) is 0 Å². The first kappa shape index (κ1) is 18.6. The third-order valence-corrected chi connectivity index (χ3v) is 5.27. The minimum atomic E-state index is -0.598. The number of carbonyl (C=O) groups excluding carboxylic acids is 1. The third-order valence-electron chi connectivity index (χ3n) is 5.27. The van der Waals surface area contributed by atoms with Gasteiger partial charge in [-0.1, -0.05) is 30.3 Å². The van der Waals surface area contributed by atoms with Crippen LogP contribution in [-0.2, 0) is 13.0 Å². The SMILES string of the molecule is Cc1ccc2cc(C(=O)NCC(O)CN3CCc4ccccc4C3)ccc2n1.